The van der Waals surface area contributed by atoms with Crippen LogP contribution < -0.4 is 5.56 Å². The van der Waals surface area contributed by atoms with Crippen molar-refractivity contribution in [3.8, 4) is 5.75 Å². The third kappa shape index (κ3) is 2.55. The molecule has 18 heavy (non-hydrogen) atoms. The largest absolute Gasteiger partial charge is 0.505 e. The lowest BCUT2D eigenvalue weighted by Gasteiger charge is -2.09. The van der Waals surface area contributed by atoms with Crippen LogP contribution in [0.2, 0.25) is 0 Å². The summed E-state index contributed by atoms with van der Waals surface area (Å²) in [5, 5.41) is 13.9. The lowest BCUT2D eigenvalue weighted by Crippen LogP contribution is -2.29. The van der Waals surface area contributed by atoms with Crippen molar-refractivity contribution in [2.75, 3.05) is 6.61 Å². The van der Waals surface area contributed by atoms with Crippen LogP contribution in [-0.4, -0.2) is 27.5 Å². The second-order valence-electron chi connectivity index (χ2n) is 4.09. The molecule has 6 nitrogen and oxygen atoms in total. The molecule has 1 heterocycles. The Morgan fingerprint density at radius 1 is 1.61 bits per heavy atom. The first-order valence-corrected chi connectivity index (χ1v) is 6.49. The lowest BCUT2D eigenvalue weighted by atomic mass is 10.2. The molecule has 1 saturated carbocycles. The molecule has 0 saturated heterocycles. The number of carbonyl (C=O) groups is 1. The van der Waals surface area contributed by atoms with E-state index in [1.54, 1.807) is 6.92 Å². The highest BCUT2D eigenvalue weighted by Crippen LogP contribution is 2.43. The lowest BCUT2D eigenvalue weighted by molar-refractivity contribution is -0.144. The number of nitrogens with zero attached hydrogens (tertiary/aromatic N) is 2. The van der Waals surface area contributed by atoms with E-state index in [1.165, 1.54) is 0 Å². The van der Waals surface area contributed by atoms with Crippen LogP contribution in [0.25, 0.3) is 0 Å². The smallest absolute Gasteiger partial charge is 0.327 e. The summed E-state index contributed by atoms with van der Waals surface area (Å²) in [4.78, 5) is 23.2. The minimum absolute atomic E-state index is 0.0451. The van der Waals surface area contributed by atoms with Crippen LogP contribution >= 0.6 is 15.9 Å². The highest BCUT2D eigenvalue weighted by molar-refractivity contribution is 9.10. The quantitative estimate of drug-likeness (QED) is 0.843. The van der Waals surface area contributed by atoms with Crippen LogP contribution in [0.5, 0.6) is 5.75 Å². The number of hydrogen-bond acceptors (Lipinski definition) is 5. The van der Waals surface area contributed by atoms with Crippen molar-refractivity contribution in [3.63, 3.8) is 0 Å². The predicted octanol–water partition coefficient (Wildman–Crippen LogP) is 1.15. The molecular weight excluding hydrogens is 304 g/mol. The van der Waals surface area contributed by atoms with Gasteiger partial charge >= 0.3 is 5.97 Å². The van der Waals surface area contributed by atoms with Crippen LogP contribution in [0, 0.1) is 0 Å². The van der Waals surface area contributed by atoms with E-state index in [0.717, 1.165) is 17.5 Å². The van der Waals surface area contributed by atoms with Gasteiger partial charge in [0.1, 0.15) is 16.7 Å². The van der Waals surface area contributed by atoms with E-state index in [-0.39, 0.29) is 29.3 Å². The fourth-order valence-corrected chi connectivity index (χ4v) is 2.03. The number of hydrogen-bond donors (Lipinski definition) is 1. The number of rotatable bonds is 4. The van der Waals surface area contributed by atoms with Gasteiger partial charge in [-0.3, -0.25) is 9.59 Å². The van der Waals surface area contributed by atoms with Crippen LogP contribution in [0.3, 0.4) is 0 Å². The molecule has 0 unspecified atom stereocenters. The van der Waals surface area contributed by atoms with Crippen molar-refractivity contribution in [2.24, 2.45) is 0 Å². The summed E-state index contributed by atoms with van der Waals surface area (Å²) in [7, 11) is 0. The van der Waals surface area contributed by atoms with Crippen molar-refractivity contribution < 1.29 is 14.6 Å². The van der Waals surface area contributed by atoms with Gasteiger partial charge in [0.15, 0.2) is 5.75 Å². The van der Waals surface area contributed by atoms with E-state index in [9.17, 15) is 14.7 Å². The van der Waals surface area contributed by atoms with E-state index in [2.05, 4.69) is 21.0 Å². The average molecular weight is 317 g/mol. The van der Waals surface area contributed by atoms with Crippen LogP contribution in [0.4, 0.5) is 0 Å². The van der Waals surface area contributed by atoms with Gasteiger partial charge < -0.3 is 9.84 Å². The van der Waals surface area contributed by atoms with Crippen LogP contribution in [0.15, 0.2) is 9.27 Å². The van der Waals surface area contributed by atoms with E-state index < -0.39 is 11.5 Å². The predicted molar refractivity (Wildman–Crippen MR) is 66.5 cm³/mol. The molecule has 0 aromatic carbocycles. The normalized spacial score (nSPS) is 14.6. The molecule has 7 heteroatoms. The molecule has 0 atom stereocenters. The molecule has 1 fully saturated rings. The molecule has 0 aliphatic heterocycles. The molecule has 1 N–H and O–H groups in total. The molecule has 1 aliphatic rings. The van der Waals surface area contributed by atoms with Crippen molar-refractivity contribution in [3.05, 3.63) is 20.5 Å². The van der Waals surface area contributed by atoms with E-state index in [1.807, 2.05) is 0 Å². The topological polar surface area (TPSA) is 81.4 Å². The van der Waals surface area contributed by atoms with Crippen LogP contribution in [-0.2, 0) is 16.1 Å². The molecule has 1 aromatic heterocycles. The third-order valence-corrected chi connectivity index (χ3v) is 3.36. The maximum atomic E-state index is 11.8. The van der Waals surface area contributed by atoms with Gasteiger partial charge in [0, 0.05) is 5.92 Å². The first-order valence-electron chi connectivity index (χ1n) is 5.69. The first kappa shape index (κ1) is 13.1. The van der Waals surface area contributed by atoms with Gasteiger partial charge in [-0.05, 0) is 35.7 Å². The summed E-state index contributed by atoms with van der Waals surface area (Å²) >= 11 is 3.03. The second kappa shape index (κ2) is 5.09. The van der Waals surface area contributed by atoms with Crippen molar-refractivity contribution in [1.82, 2.24) is 9.78 Å². The highest BCUT2D eigenvalue weighted by atomic mass is 79.9. The number of halogens is 1. The Kier molecular flexibility index (Phi) is 3.70. The minimum atomic E-state index is -0.537. The minimum Gasteiger partial charge on any atom is -0.505 e. The fraction of sp³-hybridized carbons (Fsp3) is 0.545. The summed E-state index contributed by atoms with van der Waals surface area (Å²) in [6, 6.07) is 0. The maximum Gasteiger partial charge on any atom is 0.327 e. The van der Waals surface area contributed by atoms with Gasteiger partial charge in [-0.25, -0.2) is 4.68 Å². The Morgan fingerprint density at radius 2 is 2.28 bits per heavy atom. The van der Waals surface area contributed by atoms with Crippen molar-refractivity contribution in [1.29, 1.82) is 0 Å². The Labute approximate surface area is 112 Å². The molecule has 0 spiro atoms. The van der Waals surface area contributed by atoms with E-state index >= 15 is 0 Å². The zero-order valence-corrected chi connectivity index (χ0v) is 11.4. The Hall–Kier alpha value is -1.37. The van der Waals surface area contributed by atoms with E-state index in [4.69, 9.17) is 4.74 Å². The van der Waals surface area contributed by atoms with Gasteiger partial charge in [-0.2, -0.15) is 5.10 Å². The monoisotopic (exact) mass is 316 g/mol. The van der Waals surface area contributed by atoms with Gasteiger partial charge in [0.2, 0.25) is 0 Å². The molecule has 1 aromatic rings. The molecule has 0 amide bonds. The molecule has 1 aliphatic carbocycles. The number of aromatic nitrogens is 2. The third-order valence-electron chi connectivity index (χ3n) is 2.65. The second-order valence-corrected chi connectivity index (χ2v) is 4.88. The number of aromatic hydroxyl groups is 1. The molecule has 0 bridgehead atoms. The van der Waals surface area contributed by atoms with Gasteiger partial charge in [0.05, 0.1) is 6.61 Å². The van der Waals surface area contributed by atoms with Gasteiger partial charge in [-0.15, -0.1) is 0 Å². The zero-order chi connectivity index (χ0) is 13.3. The summed E-state index contributed by atoms with van der Waals surface area (Å²) in [5.41, 5.74) is -0.0734. The highest BCUT2D eigenvalue weighted by Gasteiger charge is 2.31. The van der Waals surface area contributed by atoms with E-state index in [0.29, 0.717) is 5.69 Å². The molecule has 2 rings (SSSR count). The number of esters is 1. The zero-order valence-electron chi connectivity index (χ0n) is 9.85. The van der Waals surface area contributed by atoms with Crippen molar-refractivity contribution in [2.45, 2.75) is 32.2 Å². The van der Waals surface area contributed by atoms with Gasteiger partial charge in [-0.1, -0.05) is 0 Å². The molecule has 98 valence electrons. The summed E-state index contributed by atoms with van der Waals surface area (Å²) < 4.78 is 5.84. The number of carbonyl (C=O) groups excluding carboxylic acids is 1. The van der Waals surface area contributed by atoms with Crippen molar-refractivity contribution >= 4 is 21.9 Å². The fourth-order valence-electron chi connectivity index (χ4n) is 1.62. The SMILES string of the molecule is CCOC(=O)Cn1nc(C2CC2)c(O)c(Br)c1=O. The number of ether oxygens (including phenoxy) is 1. The Bertz CT molecular complexity index is 537. The molecule has 0 radical (unpaired) electrons. The Balaban J connectivity index is 2.35. The standard InChI is InChI=1S/C11H13BrN2O4/c1-2-18-7(15)5-14-11(17)8(12)10(16)9(13-14)6-3-4-6/h6,16H,2-5H2,1H3. The van der Waals surface area contributed by atoms with Gasteiger partial charge in [0.25, 0.3) is 5.56 Å². The Morgan fingerprint density at radius 3 is 2.83 bits per heavy atom. The molecular formula is C11H13BrN2O4. The summed E-state index contributed by atoms with van der Waals surface area (Å²) in [6.45, 7) is 1.70. The van der Waals surface area contributed by atoms with Crippen LogP contribution in [0.1, 0.15) is 31.4 Å². The maximum absolute atomic E-state index is 11.8. The first-order chi connectivity index (χ1) is 8.54. The summed E-state index contributed by atoms with van der Waals surface area (Å²) in [6.07, 6.45) is 1.87. The summed E-state index contributed by atoms with van der Waals surface area (Å²) in [5.74, 6) is -0.468. The average Bonchev–Trinajstić information content (AvgIpc) is 3.14.